The third-order valence-corrected chi connectivity index (χ3v) is 7.21. The van der Waals surface area contributed by atoms with Crippen LogP contribution >= 0.6 is 23.1 Å². The lowest BCUT2D eigenvalue weighted by atomic mass is 10.1. The van der Waals surface area contributed by atoms with Gasteiger partial charge < -0.3 is 10.2 Å². The summed E-state index contributed by atoms with van der Waals surface area (Å²) in [5.74, 6) is 0.308. The molecule has 2 amide bonds. The van der Waals surface area contributed by atoms with Gasteiger partial charge in [-0.3, -0.25) is 9.59 Å². The summed E-state index contributed by atoms with van der Waals surface area (Å²) in [6.07, 6.45) is 0.221. The summed E-state index contributed by atoms with van der Waals surface area (Å²) in [5, 5.41) is 3.89. The lowest BCUT2D eigenvalue weighted by Crippen LogP contribution is -2.37. The van der Waals surface area contributed by atoms with E-state index in [2.05, 4.69) is 5.32 Å². The third kappa shape index (κ3) is 4.06. The molecule has 31 heavy (non-hydrogen) atoms. The van der Waals surface area contributed by atoms with Crippen molar-refractivity contribution in [3.63, 3.8) is 0 Å². The zero-order valence-electron chi connectivity index (χ0n) is 16.6. The second-order valence-corrected chi connectivity index (χ2v) is 9.18. The lowest BCUT2D eigenvalue weighted by molar-refractivity contribution is -0.117. The number of fused-ring (bicyclic) bond motifs is 2. The Morgan fingerprint density at radius 3 is 2.68 bits per heavy atom. The van der Waals surface area contributed by atoms with E-state index in [1.807, 2.05) is 72.8 Å². The molecule has 1 aromatic heterocycles. The molecular formula is C24H19N3O2S2. The third-order valence-electron chi connectivity index (χ3n) is 5.10. The first kappa shape index (κ1) is 19.8. The van der Waals surface area contributed by atoms with Crippen LogP contribution in [0.5, 0.6) is 0 Å². The molecule has 3 aromatic carbocycles. The predicted molar refractivity (Wildman–Crippen MR) is 128 cm³/mol. The molecule has 1 aliphatic heterocycles. The molecule has 0 aliphatic carbocycles. The standard InChI is InChI=1S/C24H19N3O2S2/c28-22(13-14-27-19-10-4-6-12-21(19)30-15-23(27)29)25-17-8-2-1-7-16(17)24-26-18-9-3-5-11-20(18)31-24/h1-12H,13-15H2,(H,25,28). The van der Waals surface area contributed by atoms with E-state index in [1.54, 1.807) is 28.0 Å². The molecule has 2 heterocycles. The van der Waals surface area contributed by atoms with Gasteiger partial charge >= 0.3 is 0 Å². The minimum absolute atomic E-state index is 0.0337. The zero-order valence-corrected chi connectivity index (χ0v) is 18.2. The predicted octanol–water partition coefficient (Wildman–Crippen LogP) is 5.43. The van der Waals surface area contributed by atoms with Crippen LogP contribution in [0.15, 0.2) is 77.7 Å². The fourth-order valence-corrected chi connectivity index (χ4v) is 5.53. The number of para-hydroxylation sites is 3. The highest BCUT2D eigenvalue weighted by Gasteiger charge is 2.24. The van der Waals surface area contributed by atoms with Crippen molar-refractivity contribution in [2.75, 3.05) is 22.5 Å². The summed E-state index contributed by atoms with van der Waals surface area (Å²) < 4.78 is 1.11. The van der Waals surface area contributed by atoms with Crippen molar-refractivity contribution in [2.45, 2.75) is 11.3 Å². The number of aromatic nitrogens is 1. The molecule has 1 aliphatic rings. The van der Waals surface area contributed by atoms with Gasteiger partial charge in [0.2, 0.25) is 11.8 Å². The molecule has 0 saturated heterocycles. The summed E-state index contributed by atoms with van der Waals surface area (Å²) in [4.78, 5) is 32.7. The van der Waals surface area contributed by atoms with Gasteiger partial charge in [-0.2, -0.15) is 0 Å². The first-order valence-electron chi connectivity index (χ1n) is 9.96. The molecule has 0 unspecified atom stereocenters. The summed E-state index contributed by atoms with van der Waals surface area (Å²) in [6, 6.07) is 23.5. The van der Waals surface area contributed by atoms with E-state index >= 15 is 0 Å². The van der Waals surface area contributed by atoms with Crippen LogP contribution in [-0.2, 0) is 9.59 Å². The van der Waals surface area contributed by atoms with Gasteiger partial charge in [0.25, 0.3) is 0 Å². The Kier molecular flexibility index (Phi) is 5.44. The Balaban J connectivity index is 1.32. The highest BCUT2D eigenvalue weighted by Crippen LogP contribution is 2.36. The fraction of sp³-hybridized carbons (Fsp3) is 0.125. The SMILES string of the molecule is O=C(CCN1C(=O)CSc2ccccc21)Nc1ccccc1-c1nc2ccccc2s1. The van der Waals surface area contributed by atoms with Gasteiger partial charge in [0, 0.05) is 23.4 Å². The highest BCUT2D eigenvalue weighted by molar-refractivity contribution is 8.00. The summed E-state index contributed by atoms with van der Waals surface area (Å²) in [5.41, 5.74) is 3.45. The molecule has 0 spiro atoms. The molecule has 0 bridgehead atoms. The number of amides is 2. The Morgan fingerprint density at radius 1 is 1.00 bits per heavy atom. The van der Waals surface area contributed by atoms with Crippen LogP contribution in [0.1, 0.15) is 6.42 Å². The number of rotatable bonds is 5. The van der Waals surface area contributed by atoms with Crippen molar-refractivity contribution in [3.8, 4) is 10.6 Å². The van der Waals surface area contributed by atoms with Crippen LogP contribution in [0.2, 0.25) is 0 Å². The quantitative estimate of drug-likeness (QED) is 0.445. The lowest BCUT2D eigenvalue weighted by Gasteiger charge is -2.28. The number of hydrogen-bond donors (Lipinski definition) is 1. The van der Waals surface area contributed by atoms with Crippen LogP contribution in [0.3, 0.4) is 0 Å². The normalized spacial score (nSPS) is 13.3. The summed E-state index contributed by atoms with van der Waals surface area (Å²) in [7, 11) is 0. The van der Waals surface area contributed by atoms with Crippen molar-refractivity contribution < 1.29 is 9.59 Å². The van der Waals surface area contributed by atoms with Crippen LogP contribution < -0.4 is 10.2 Å². The number of nitrogens with zero attached hydrogens (tertiary/aromatic N) is 2. The number of carbonyl (C=O) groups is 2. The molecule has 0 saturated carbocycles. The van der Waals surface area contributed by atoms with Crippen molar-refractivity contribution >= 4 is 56.5 Å². The fourth-order valence-electron chi connectivity index (χ4n) is 3.59. The van der Waals surface area contributed by atoms with Crippen LogP contribution in [0.4, 0.5) is 11.4 Å². The Hall–Kier alpha value is -3.16. The summed E-state index contributed by atoms with van der Waals surface area (Å²) >= 11 is 3.14. The maximum Gasteiger partial charge on any atom is 0.237 e. The van der Waals surface area contributed by atoms with Crippen LogP contribution in [0, 0.1) is 0 Å². The number of benzene rings is 3. The molecule has 0 fully saturated rings. The molecule has 1 N–H and O–H groups in total. The monoisotopic (exact) mass is 445 g/mol. The van der Waals surface area contributed by atoms with Crippen LogP contribution in [-0.4, -0.2) is 29.1 Å². The minimum Gasteiger partial charge on any atom is -0.325 e. The van der Waals surface area contributed by atoms with Gasteiger partial charge in [0.15, 0.2) is 0 Å². The molecule has 154 valence electrons. The average molecular weight is 446 g/mol. The van der Waals surface area contributed by atoms with E-state index < -0.39 is 0 Å². The van der Waals surface area contributed by atoms with Crippen LogP contribution in [0.25, 0.3) is 20.8 Å². The van der Waals surface area contributed by atoms with Gasteiger partial charge in [-0.15, -0.1) is 23.1 Å². The second-order valence-electron chi connectivity index (χ2n) is 7.13. The van der Waals surface area contributed by atoms with Gasteiger partial charge in [-0.25, -0.2) is 4.98 Å². The van der Waals surface area contributed by atoms with E-state index in [0.717, 1.165) is 37.1 Å². The van der Waals surface area contributed by atoms with Gasteiger partial charge in [-0.05, 0) is 36.4 Å². The largest absolute Gasteiger partial charge is 0.325 e. The molecule has 4 aromatic rings. The Labute approximate surface area is 188 Å². The Morgan fingerprint density at radius 2 is 1.77 bits per heavy atom. The molecule has 5 rings (SSSR count). The first-order chi connectivity index (χ1) is 15.2. The maximum atomic E-state index is 12.8. The number of carbonyl (C=O) groups excluding carboxylic acids is 2. The van der Waals surface area contributed by atoms with Gasteiger partial charge in [0.05, 0.1) is 27.3 Å². The second kappa shape index (κ2) is 8.53. The van der Waals surface area contributed by atoms with Gasteiger partial charge in [0.1, 0.15) is 5.01 Å². The van der Waals surface area contributed by atoms with Crippen molar-refractivity contribution in [2.24, 2.45) is 0 Å². The minimum atomic E-state index is -0.128. The van der Waals surface area contributed by atoms with E-state index in [0.29, 0.717) is 12.3 Å². The van der Waals surface area contributed by atoms with Gasteiger partial charge in [-0.1, -0.05) is 36.4 Å². The molecule has 0 atom stereocenters. The van der Waals surface area contributed by atoms with Crippen molar-refractivity contribution in [3.05, 3.63) is 72.8 Å². The van der Waals surface area contributed by atoms with Crippen molar-refractivity contribution in [1.29, 1.82) is 0 Å². The molecular weight excluding hydrogens is 426 g/mol. The maximum absolute atomic E-state index is 12.8. The van der Waals surface area contributed by atoms with E-state index in [4.69, 9.17) is 4.98 Å². The number of nitrogens with one attached hydrogen (secondary N) is 1. The number of hydrogen-bond acceptors (Lipinski definition) is 5. The highest BCUT2D eigenvalue weighted by atomic mass is 32.2. The van der Waals surface area contributed by atoms with E-state index in [-0.39, 0.29) is 18.2 Å². The van der Waals surface area contributed by atoms with E-state index in [9.17, 15) is 9.59 Å². The number of thioether (sulfide) groups is 1. The number of anilines is 2. The first-order valence-corrected chi connectivity index (χ1v) is 11.8. The summed E-state index contributed by atoms with van der Waals surface area (Å²) in [6.45, 7) is 0.353. The topological polar surface area (TPSA) is 62.3 Å². The number of thiazole rings is 1. The molecule has 0 radical (unpaired) electrons. The zero-order chi connectivity index (χ0) is 21.2. The van der Waals surface area contributed by atoms with E-state index in [1.165, 1.54) is 0 Å². The Bertz CT molecular complexity index is 1250. The smallest absolute Gasteiger partial charge is 0.237 e. The average Bonchev–Trinajstić information content (AvgIpc) is 3.23. The molecule has 5 nitrogen and oxygen atoms in total. The van der Waals surface area contributed by atoms with Crippen molar-refractivity contribution in [1.82, 2.24) is 4.98 Å². The molecule has 7 heteroatoms.